The number of pyridine rings is 1. The predicted octanol–water partition coefficient (Wildman–Crippen LogP) is 2.43. The standard InChI is InChI=1S/C23H31N3O4/c1-7-22(27)26-9-8-16-17(13-25(4)23(28)18(16)14-26)15-10-20(29-5)19(12-24(2)3)21(11-15)30-6/h10-11,13H,7-9,12,14H2,1-6H3. The molecule has 1 aliphatic rings. The summed E-state index contributed by atoms with van der Waals surface area (Å²) in [5.41, 5.74) is 4.54. The molecule has 0 N–H and O–H groups in total. The van der Waals surface area contributed by atoms with Crippen LogP contribution in [-0.4, -0.2) is 55.1 Å². The number of fused-ring (bicyclic) bond motifs is 1. The Morgan fingerprint density at radius 1 is 1.13 bits per heavy atom. The van der Waals surface area contributed by atoms with E-state index in [1.165, 1.54) is 0 Å². The lowest BCUT2D eigenvalue weighted by Gasteiger charge is -2.30. The van der Waals surface area contributed by atoms with Crippen LogP contribution in [0.4, 0.5) is 0 Å². The normalized spacial score (nSPS) is 13.4. The summed E-state index contributed by atoms with van der Waals surface area (Å²) >= 11 is 0. The van der Waals surface area contributed by atoms with Crippen molar-refractivity contribution in [1.82, 2.24) is 14.4 Å². The van der Waals surface area contributed by atoms with E-state index in [-0.39, 0.29) is 11.5 Å². The zero-order chi connectivity index (χ0) is 22.0. The summed E-state index contributed by atoms with van der Waals surface area (Å²) in [7, 11) is 9.06. The quantitative estimate of drug-likeness (QED) is 0.728. The van der Waals surface area contributed by atoms with Crippen molar-refractivity contribution in [3.63, 3.8) is 0 Å². The van der Waals surface area contributed by atoms with E-state index < -0.39 is 0 Å². The second-order valence-corrected chi connectivity index (χ2v) is 7.93. The van der Waals surface area contributed by atoms with Crippen LogP contribution in [0, 0.1) is 0 Å². The van der Waals surface area contributed by atoms with E-state index in [4.69, 9.17) is 9.47 Å². The Bertz CT molecular complexity index is 985. The molecule has 2 aromatic rings. The number of hydrogen-bond donors (Lipinski definition) is 0. The number of aryl methyl sites for hydroxylation is 1. The lowest BCUT2D eigenvalue weighted by molar-refractivity contribution is -0.131. The highest BCUT2D eigenvalue weighted by Gasteiger charge is 2.26. The summed E-state index contributed by atoms with van der Waals surface area (Å²) in [6.45, 7) is 3.51. The van der Waals surface area contributed by atoms with Crippen molar-refractivity contribution in [3.05, 3.63) is 45.4 Å². The van der Waals surface area contributed by atoms with Crippen LogP contribution in [-0.2, 0) is 31.4 Å². The predicted molar refractivity (Wildman–Crippen MR) is 117 cm³/mol. The van der Waals surface area contributed by atoms with E-state index in [9.17, 15) is 9.59 Å². The first-order valence-corrected chi connectivity index (χ1v) is 10.2. The molecule has 7 nitrogen and oxygen atoms in total. The Balaban J connectivity index is 2.17. The molecular weight excluding hydrogens is 382 g/mol. The third-order valence-corrected chi connectivity index (χ3v) is 5.62. The van der Waals surface area contributed by atoms with Crippen molar-refractivity contribution in [2.24, 2.45) is 7.05 Å². The number of rotatable bonds is 6. The number of carbonyl (C=O) groups is 1. The van der Waals surface area contributed by atoms with Gasteiger partial charge in [0, 0.05) is 43.9 Å². The summed E-state index contributed by atoms with van der Waals surface area (Å²) < 4.78 is 13.0. The van der Waals surface area contributed by atoms with Crippen LogP contribution in [0.3, 0.4) is 0 Å². The van der Waals surface area contributed by atoms with Gasteiger partial charge in [0.25, 0.3) is 5.56 Å². The highest BCUT2D eigenvalue weighted by molar-refractivity contribution is 5.77. The van der Waals surface area contributed by atoms with Crippen LogP contribution in [0.25, 0.3) is 11.1 Å². The molecule has 0 radical (unpaired) electrons. The average Bonchev–Trinajstić information content (AvgIpc) is 2.75. The Hall–Kier alpha value is -2.80. The molecule has 1 amide bonds. The molecule has 2 heterocycles. The molecule has 1 aromatic carbocycles. The molecule has 0 spiro atoms. The minimum Gasteiger partial charge on any atom is -0.496 e. The first-order valence-electron chi connectivity index (χ1n) is 10.2. The molecule has 0 aliphatic carbocycles. The first kappa shape index (κ1) is 21.9. The average molecular weight is 414 g/mol. The number of aromatic nitrogens is 1. The van der Waals surface area contributed by atoms with Crippen LogP contribution in [0.15, 0.2) is 23.1 Å². The SMILES string of the molecule is CCC(=O)N1CCc2c(-c3cc(OC)c(CN(C)C)c(OC)c3)cn(C)c(=O)c2C1. The molecule has 0 fully saturated rings. The second kappa shape index (κ2) is 8.92. The first-order chi connectivity index (χ1) is 14.3. The fourth-order valence-corrected chi connectivity index (χ4v) is 4.10. The third kappa shape index (κ3) is 4.07. The van der Waals surface area contributed by atoms with Gasteiger partial charge in [-0.05, 0) is 43.8 Å². The molecule has 3 rings (SSSR count). The monoisotopic (exact) mass is 413 g/mol. The van der Waals surface area contributed by atoms with Gasteiger partial charge < -0.3 is 23.8 Å². The van der Waals surface area contributed by atoms with E-state index in [1.54, 1.807) is 30.7 Å². The number of carbonyl (C=O) groups excluding carboxylic acids is 1. The van der Waals surface area contributed by atoms with Gasteiger partial charge in [-0.2, -0.15) is 0 Å². The minimum atomic E-state index is -0.0505. The van der Waals surface area contributed by atoms with Gasteiger partial charge in [-0.1, -0.05) is 6.92 Å². The van der Waals surface area contributed by atoms with E-state index in [1.807, 2.05) is 39.3 Å². The molecule has 7 heteroatoms. The van der Waals surface area contributed by atoms with Crippen LogP contribution in [0.5, 0.6) is 11.5 Å². The Labute approximate surface area is 177 Å². The van der Waals surface area contributed by atoms with E-state index in [0.29, 0.717) is 38.0 Å². The molecule has 0 saturated carbocycles. The molecule has 1 aromatic heterocycles. The molecule has 0 saturated heterocycles. The highest BCUT2D eigenvalue weighted by Crippen LogP contribution is 2.38. The topological polar surface area (TPSA) is 64.0 Å². The summed E-state index contributed by atoms with van der Waals surface area (Å²) in [5.74, 6) is 1.57. The third-order valence-electron chi connectivity index (χ3n) is 5.62. The number of benzene rings is 1. The van der Waals surface area contributed by atoms with Crippen LogP contribution >= 0.6 is 0 Å². The molecule has 1 aliphatic heterocycles. The second-order valence-electron chi connectivity index (χ2n) is 7.93. The number of hydrogen-bond acceptors (Lipinski definition) is 5. The van der Waals surface area contributed by atoms with Gasteiger partial charge in [0.2, 0.25) is 5.91 Å². The fraction of sp³-hybridized carbons (Fsp3) is 0.478. The maximum Gasteiger partial charge on any atom is 0.255 e. The largest absolute Gasteiger partial charge is 0.496 e. The van der Waals surface area contributed by atoms with Crippen LogP contribution in [0.1, 0.15) is 30.0 Å². The van der Waals surface area contributed by atoms with Crippen molar-refractivity contribution in [3.8, 4) is 22.6 Å². The summed E-state index contributed by atoms with van der Waals surface area (Å²) in [5, 5.41) is 0. The molecular formula is C23H31N3O4. The number of nitrogens with zero attached hydrogens (tertiary/aromatic N) is 3. The summed E-state index contributed by atoms with van der Waals surface area (Å²) in [4.78, 5) is 28.9. The van der Waals surface area contributed by atoms with Crippen molar-refractivity contribution >= 4 is 5.91 Å². The van der Waals surface area contributed by atoms with Crippen molar-refractivity contribution in [2.45, 2.75) is 32.9 Å². The maximum absolute atomic E-state index is 12.8. The summed E-state index contributed by atoms with van der Waals surface area (Å²) in [6, 6.07) is 4.01. The zero-order valence-electron chi connectivity index (χ0n) is 18.7. The Kier molecular flexibility index (Phi) is 6.51. The maximum atomic E-state index is 12.8. The van der Waals surface area contributed by atoms with Crippen LogP contribution < -0.4 is 15.0 Å². The molecule has 30 heavy (non-hydrogen) atoms. The molecule has 162 valence electrons. The van der Waals surface area contributed by atoms with Crippen molar-refractivity contribution in [2.75, 3.05) is 34.9 Å². The van der Waals surface area contributed by atoms with E-state index in [2.05, 4.69) is 4.90 Å². The van der Waals surface area contributed by atoms with Gasteiger partial charge in [0.05, 0.1) is 26.3 Å². The lowest BCUT2D eigenvalue weighted by Crippen LogP contribution is -2.40. The van der Waals surface area contributed by atoms with Gasteiger partial charge in [-0.15, -0.1) is 0 Å². The zero-order valence-corrected chi connectivity index (χ0v) is 18.7. The lowest BCUT2D eigenvalue weighted by atomic mass is 9.91. The van der Waals surface area contributed by atoms with E-state index in [0.717, 1.165) is 33.8 Å². The molecule has 0 unspecified atom stereocenters. The van der Waals surface area contributed by atoms with Gasteiger partial charge in [-0.3, -0.25) is 9.59 Å². The van der Waals surface area contributed by atoms with Gasteiger partial charge >= 0.3 is 0 Å². The van der Waals surface area contributed by atoms with Gasteiger partial charge in [0.15, 0.2) is 0 Å². The Morgan fingerprint density at radius 2 is 1.77 bits per heavy atom. The van der Waals surface area contributed by atoms with E-state index >= 15 is 0 Å². The number of methoxy groups -OCH3 is 2. The highest BCUT2D eigenvalue weighted by atomic mass is 16.5. The molecule has 0 atom stereocenters. The minimum absolute atomic E-state index is 0.0505. The van der Waals surface area contributed by atoms with Gasteiger partial charge in [0.1, 0.15) is 11.5 Å². The number of ether oxygens (including phenoxy) is 2. The van der Waals surface area contributed by atoms with Crippen molar-refractivity contribution < 1.29 is 14.3 Å². The smallest absolute Gasteiger partial charge is 0.255 e. The van der Waals surface area contributed by atoms with Crippen LogP contribution in [0.2, 0.25) is 0 Å². The summed E-state index contributed by atoms with van der Waals surface area (Å²) in [6.07, 6.45) is 2.96. The van der Waals surface area contributed by atoms with Gasteiger partial charge in [-0.25, -0.2) is 0 Å². The Morgan fingerprint density at radius 3 is 2.30 bits per heavy atom. The number of amides is 1. The molecule has 0 bridgehead atoms. The van der Waals surface area contributed by atoms with Crippen molar-refractivity contribution in [1.29, 1.82) is 0 Å². The fourth-order valence-electron chi connectivity index (χ4n) is 4.10.